The van der Waals surface area contributed by atoms with E-state index in [0.29, 0.717) is 6.54 Å². The number of likely N-dealkylation sites (N-methyl/N-ethyl adjacent to an activating group) is 1. The maximum Gasteiger partial charge on any atom is 0.217 e. The first-order valence-electron chi connectivity index (χ1n) is 12.5. The van der Waals surface area contributed by atoms with Crippen LogP contribution in [-0.2, 0) is 34.0 Å². The van der Waals surface area contributed by atoms with Gasteiger partial charge in [0.1, 0.15) is 0 Å². The summed E-state index contributed by atoms with van der Waals surface area (Å²) in [5, 5.41) is 12.3. The molecule has 1 aliphatic rings. The van der Waals surface area contributed by atoms with E-state index in [9.17, 15) is 9.90 Å². The molecule has 190 valence electrons. The summed E-state index contributed by atoms with van der Waals surface area (Å²) in [5.41, 5.74) is 5.19. The van der Waals surface area contributed by atoms with Gasteiger partial charge in [-0.25, -0.2) is 0 Å². The van der Waals surface area contributed by atoms with Gasteiger partial charge in [-0.3, -0.25) is 9.69 Å². The van der Waals surface area contributed by atoms with Crippen LogP contribution in [0.4, 0.5) is 0 Å². The van der Waals surface area contributed by atoms with Crippen molar-refractivity contribution >= 4 is 5.91 Å². The summed E-state index contributed by atoms with van der Waals surface area (Å²) in [6, 6.07) is 26.4. The third-order valence-corrected chi connectivity index (χ3v) is 6.70. The maximum absolute atomic E-state index is 11.2. The van der Waals surface area contributed by atoms with Crippen LogP contribution in [0.15, 0.2) is 78.9 Å². The van der Waals surface area contributed by atoms with E-state index in [0.717, 1.165) is 35.3 Å². The zero-order valence-electron chi connectivity index (χ0n) is 21.3. The molecule has 1 heterocycles. The molecular formula is C30H36N2O4. The number of amides is 1. The lowest BCUT2D eigenvalue weighted by atomic mass is 9.90. The minimum Gasteiger partial charge on any atom is -0.392 e. The average Bonchev–Trinajstić information content (AvgIpc) is 2.89. The molecule has 1 saturated heterocycles. The number of aliphatic hydroxyl groups excluding tert-OH is 1. The van der Waals surface area contributed by atoms with Gasteiger partial charge in [0.25, 0.3) is 0 Å². The van der Waals surface area contributed by atoms with Gasteiger partial charge < -0.3 is 19.9 Å². The van der Waals surface area contributed by atoms with Crippen LogP contribution >= 0.6 is 0 Å². The Labute approximate surface area is 213 Å². The van der Waals surface area contributed by atoms with Gasteiger partial charge >= 0.3 is 0 Å². The maximum atomic E-state index is 11.2. The Balaban J connectivity index is 1.54. The van der Waals surface area contributed by atoms with E-state index in [1.54, 1.807) is 0 Å². The number of aliphatic hydroxyl groups is 1. The molecule has 0 unspecified atom stereocenters. The summed E-state index contributed by atoms with van der Waals surface area (Å²) in [7, 11) is 2.12. The molecule has 0 aliphatic carbocycles. The lowest BCUT2D eigenvalue weighted by Crippen LogP contribution is -2.43. The number of hydrogen-bond acceptors (Lipinski definition) is 5. The van der Waals surface area contributed by atoms with Gasteiger partial charge in [-0.15, -0.1) is 0 Å². The number of hydrogen-bond donors (Lipinski definition) is 2. The van der Waals surface area contributed by atoms with Crippen molar-refractivity contribution in [3.05, 3.63) is 107 Å². The highest BCUT2D eigenvalue weighted by Crippen LogP contribution is 2.41. The van der Waals surface area contributed by atoms with Crippen molar-refractivity contribution in [2.24, 2.45) is 5.92 Å². The second kappa shape index (κ2) is 12.3. The number of ether oxygens (including phenoxy) is 2. The van der Waals surface area contributed by atoms with E-state index < -0.39 is 6.29 Å². The first-order valence-corrected chi connectivity index (χ1v) is 12.5. The topological polar surface area (TPSA) is 71.0 Å². The molecule has 1 aliphatic heterocycles. The van der Waals surface area contributed by atoms with E-state index in [1.807, 2.05) is 54.6 Å². The van der Waals surface area contributed by atoms with Gasteiger partial charge in [-0.1, -0.05) is 85.8 Å². The first kappa shape index (κ1) is 26.0. The average molecular weight is 489 g/mol. The van der Waals surface area contributed by atoms with Crippen LogP contribution in [0.2, 0.25) is 0 Å². The van der Waals surface area contributed by atoms with Crippen LogP contribution in [0.5, 0.6) is 0 Å². The molecule has 3 aromatic carbocycles. The lowest BCUT2D eigenvalue weighted by Gasteiger charge is -2.42. The first-order chi connectivity index (χ1) is 17.4. The smallest absolute Gasteiger partial charge is 0.217 e. The molecule has 2 N–H and O–H groups in total. The summed E-state index contributed by atoms with van der Waals surface area (Å²) in [6.07, 6.45) is -0.696. The SMILES string of the molecule is CC(=O)NCc1ccc([C@@H]2O[C@H](CN(C)Cc3ccccc3)[C@H](C)[C@H](c3ccc(CO)cc3)O2)cc1. The van der Waals surface area contributed by atoms with Gasteiger partial charge in [0.15, 0.2) is 6.29 Å². The molecule has 4 atom stereocenters. The van der Waals surface area contributed by atoms with Crippen LogP contribution in [-0.4, -0.2) is 35.6 Å². The van der Waals surface area contributed by atoms with E-state index in [4.69, 9.17) is 9.47 Å². The van der Waals surface area contributed by atoms with Crippen molar-refractivity contribution in [2.45, 2.75) is 52.0 Å². The van der Waals surface area contributed by atoms with E-state index in [-0.39, 0.29) is 30.6 Å². The predicted octanol–water partition coefficient (Wildman–Crippen LogP) is 4.74. The minimum absolute atomic E-state index is 0.0187. The Kier molecular flexibility index (Phi) is 8.88. The molecule has 36 heavy (non-hydrogen) atoms. The lowest BCUT2D eigenvalue weighted by molar-refractivity contribution is -0.276. The van der Waals surface area contributed by atoms with Crippen LogP contribution in [0.3, 0.4) is 0 Å². The van der Waals surface area contributed by atoms with Crippen molar-refractivity contribution in [3.8, 4) is 0 Å². The largest absolute Gasteiger partial charge is 0.392 e. The molecule has 0 radical (unpaired) electrons. The zero-order valence-corrected chi connectivity index (χ0v) is 21.3. The van der Waals surface area contributed by atoms with Crippen molar-refractivity contribution in [2.75, 3.05) is 13.6 Å². The summed E-state index contributed by atoms with van der Waals surface area (Å²) in [4.78, 5) is 13.5. The van der Waals surface area contributed by atoms with E-state index >= 15 is 0 Å². The van der Waals surface area contributed by atoms with Crippen LogP contribution < -0.4 is 5.32 Å². The fourth-order valence-electron chi connectivity index (χ4n) is 4.61. The van der Waals surface area contributed by atoms with Crippen molar-refractivity contribution in [1.82, 2.24) is 10.2 Å². The molecule has 1 fully saturated rings. The number of rotatable bonds is 9. The van der Waals surface area contributed by atoms with Crippen LogP contribution in [0.25, 0.3) is 0 Å². The van der Waals surface area contributed by atoms with Crippen molar-refractivity contribution < 1.29 is 19.4 Å². The molecule has 4 rings (SSSR count). The normalized spacial score (nSPS) is 21.9. The fourth-order valence-corrected chi connectivity index (χ4v) is 4.61. The monoisotopic (exact) mass is 488 g/mol. The Hall–Kier alpha value is -3.03. The molecule has 6 heteroatoms. The third kappa shape index (κ3) is 6.80. The van der Waals surface area contributed by atoms with Gasteiger partial charge in [-0.05, 0) is 29.3 Å². The molecule has 0 aromatic heterocycles. The summed E-state index contributed by atoms with van der Waals surface area (Å²) in [5.74, 6) is 0.0722. The highest BCUT2D eigenvalue weighted by atomic mass is 16.7. The highest BCUT2D eigenvalue weighted by molar-refractivity contribution is 5.72. The van der Waals surface area contributed by atoms with Gasteiger partial charge in [0.05, 0.1) is 18.8 Å². The fraction of sp³-hybridized carbons (Fsp3) is 0.367. The van der Waals surface area contributed by atoms with E-state index in [2.05, 4.69) is 48.5 Å². The Morgan fingerprint density at radius 3 is 2.17 bits per heavy atom. The second-order valence-electron chi connectivity index (χ2n) is 9.66. The molecular weight excluding hydrogens is 452 g/mol. The third-order valence-electron chi connectivity index (χ3n) is 6.70. The molecule has 1 amide bonds. The number of carbonyl (C=O) groups is 1. The quantitative estimate of drug-likeness (QED) is 0.455. The summed E-state index contributed by atoms with van der Waals surface area (Å²) < 4.78 is 13.1. The minimum atomic E-state index is -0.506. The summed E-state index contributed by atoms with van der Waals surface area (Å²) >= 11 is 0. The number of carbonyl (C=O) groups excluding carboxylic acids is 1. The zero-order chi connectivity index (χ0) is 25.5. The van der Waals surface area contributed by atoms with Gasteiger partial charge in [0.2, 0.25) is 5.91 Å². The van der Waals surface area contributed by atoms with Gasteiger partial charge in [-0.2, -0.15) is 0 Å². The standard InChI is InChI=1S/C30H36N2O4/c1-21-28(19-32(3)18-24-7-5-4-6-8-24)35-30(27-15-9-23(10-16-27)17-31-22(2)34)36-29(21)26-13-11-25(20-33)12-14-26/h4-16,21,28-30,33H,17-20H2,1-3H3,(H,31,34)/t21-,28+,29+,30+/m0/s1. The highest BCUT2D eigenvalue weighted by Gasteiger charge is 2.38. The van der Waals surface area contributed by atoms with Crippen LogP contribution in [0.1, 0.15) is 54.1 Å². The number of nitrogens with one attached hydrogen (secondary N) is 1. The molecule has 0 saturated carbocycles. The Morgan fingerprint density at radius 1 is 0.889 bits per heavy atom. The van der Waals surface area contributed by atoms with E-state index in [1.165, 1.54) is 12.5 Å². The summed E-state index contributed by atoms with van der Waals surface area (Å²) in [6.45, 7) is 5.81. The van der Waals surface area contributed by atoms with Crippen LogP contribution in [0, 0.1) is 5.92 Å². The van der Waals surface area contributed by atoms with Crippen molar-refractivity contribution in [1.29, 1.82) is 0 Å². The van der Waals surface area contributed by atoms with Gasteiger partial charge in [0, 0.05) is 38.0 Å². The second-order valence-corrected chi connectivity index (χ2v) is 9.66. The Bertz CT molecular complexity index is 1100. The molecule has 0 spiro atoms. The predicted molar refractivity (Wildman–Crippen MR) is 140 cm³/mol. The molecule has 6 nitrogen and oxygen atoms in total. The molecule has 0 bridgehead atoms. The Morgan fingerprint density at radius 2 is 1.53 bits per heavy atom. The number of benzene rings is 3. The van der Waals surface area contributed by atoms with Crippen molar-refractivity contribution in [3.63, 3.8) is 0 Å². The molecule has 3 aromatic rings. The number of nitrogens with zero attached hydrogens (tertiary/aromatic N) is 1.